The van der Waals surface area contributed by atoms with Gasteiger partial charge in [0.15, 0.2) is 0 Å². The number of nitrogens with zero attached hydrogens (tertiary/aromatic N) is 1. The Labute approximate surface area is 121 Å². The minimum Gasteiger partial charge on any atom is -0.354 e. The van der Waals surface area contributed by atoms with Crippen LogP contribution in [-0.4, -0.2) is 49.6 Å². The summed E-state index contributed by atoms with van der Waals surface area (Å²) in [5, 5.41) is 6.42. The summed E-state index contributed by atoms with van der Waals surface area (Å²) >= 11 is 0. The average Bonchev–Trinajstić information content (AvgIpc) is 3.12. The Morgan fingerprint density at radius 1 is 1.40 bits per heavy atom. The van der Waals surface area contributed by atoms with E-state index in [1.807, 2.05) is 0 Å². The first-order valence-corrected chi connectivity index (χ1v) is 7.96. The van der Waals surface area contributed by atoms with E-state index < -0.39 is 0 Å². The molecule has 0 spiro atoms. The maximum absolute atomic E-state index is 12.2. The van der Waals surface area contributed by atoms with Gasteiger partial charge in [-0.1, -0.05) is 17.7 Å². The number of hydrogen-bond donors (Lipinski definition) is 2. The van der Waals surface area contributed by atoms with Crippen molar-refractivity contribution in [2.45, 2.75) is 38.1 Å². The second-order valence-electron chi connectivity index (χ2n) is 6.01. The topological polar surface area (TPSA) is 44.4 Å². The molecule has 2 heterocycles. The Hall–Kier alpha value is -1.13. The van der Waals surface area contributed by atoms with Gasteiger partial charge >= 0.3 is 0 Å². The van der Waals surface area contributed by atoms with E-state index in [1.54, 1.807) is 0 Å². The average molecular weight is 275 g/mol. The first kappa shape index (κ1) is 13.8. The Kier molecular flexibility index (Phi) is 4.53. The molecule has 110 valence electrons. The lowest BCUT2D eigenvalue weighted by Gasteiger charge is -2.17. The van der Waals surface area contributed by atoms with Gasteiger partial charge in [0.25, 0.3) is 0 Å². The Morgan fingerprint density at radius 2 is 2.25 bits per heavy atom. The van der Waals surface area contributed by atoms with Crippen molar-refractivity contribution < 1.29 is 4.79 Å². The molecule has 1 atom stereocenters. The van der Waals surface area contributed by atoms with Crippen LogP contribution in [0.15, 0.2) is 23.3 Å². The van der Waals surface area contributed by atoms with Crippen molar-refractivity contribution in [2.24, 2.45) is 0 Å². The van der Waals surface area contributed by atoms with Crippen LogP contribution in [0, 0.1) is 0 Å². The molecule has 3 aliphatic rings. The molecule has 4 heteroatoms. The fourth-order valence-corrected chi connectivity index (χ4v) is 3.41. The van der Waals surface area contributed by atoms with Crippen molar-refractivity contribution in [3.8, 4) is 0 Å². The lowest BCUT2D eigenvalue weighted by Crippen LogP contribution is -2.43. The van der Waals surface area contributed by atoms with Gasteiger partial charge in [0.2, 0.25) is 5.91 Å². The van der Waals surface area contributed by atoms with Crippen LogP contribution >= 0.6 is 0 Å². The normalized spacial score (nSPS) is 26.1. The number of likely N-dealkylation sites (tertiary alicyclic amines) is 1. The van der Waals surface area contributed by atoms with Gasteiger partial charge in [0.1, 0.15) is 6.04 Å². The van der Waals surface area contributed by atoms with E-state index >= 15 is 0 Å². The zero-order chi connectivity index (χ0) is 13.8. The molecule has 0 saturated carbocycles. The van der Waals surface area contributed by atoms with Gasteiger partial charge in [-0.05, 0) is 57.3 Å². The highest BCUT2D eigenvalue weighted by Crippen LogP contribution is 2.25. The number of carbonyl (C=O) groups is 1. The van der Waals surface area contributed by atoms with Crippen LogP contribution in [0.2, 0.25) is 0 Å². The minimum absolute atomic E-state index is 0.117. The van der Waals surface area contributed by atoms with E-state index in [0.717, 1.165) is 38.9 Å². The molecule has 1 amide bonds. The zero-order valence-corrected chi connectivity index (χ0v) is 12.2. The molecule has 4 nitrogen and oxygen atoms in total. The molecule has 1 fully saturated rings. The van der Waals surface area contributed by atoms with Gasteiger partial charge in [-0.2, -0.15) is 0 Å². The third-order valence-corrected chi connectivity index (χ3v) is 4.56. The fraction of sp³-hybridized carbons (Fsp3) is 0.688. The lowest BCUT2D eigenvalue weighted by molar-refractivity contribution is -0.122. The summed E-state index contributed by atoms with van der Waals surface area (Å²) in [5.74, 6) is 0.142. The molecule has 20 heavy (non-hydrogen) atoms. The fourth-order valence-electron chi connectivity index (χ4n) is 3.41. The summed E-state index contributed by atoms with van der Waals surface area (Å²) in [6.07, 6.45) is 10.3. The molecule has 0 aromatic rings. The van der Waals surface area contributed by atoms with Crippen LogP contribution in [-0.2, 0) is 4.79 Å². The third-order valence-electron chi connectivity index (χ3n) is 4.56. The number of hydrogen-bond acceptors (Lipinski definition) is 3. The van der Waals surface area contributed by atoms with Crippen LogP contribution < -0.4 is 10.6 Å². The largest absolute Gasteiger partial charge is 0.354 e. The van der Waals surface area contributed by atoms with Crippen LogP contribution in [0.5, 0.6) is 0 Å². The van der Waals surface area contributed by atoms with Gasteiger partial charge in [0, 0.05) is 13.1 Å². The van der Waals surface area contributed by atoms with Gasteiger partial charge in [-0.15, -0.1) is 0 Å². The Balaban J connectivity index is 1.41. The predicted molar refractivity (Wildman–Crippen MR) is 80.5 cm³/mol. The van der Waals surface area contributed by atoms with Crippen molar-refractivity contribution in [2.75, 3.05) is 32.7 Å². The summed E-state index contributed by atoms with van der Waals surface area (Å²) in [5.41, 5.74) is 2.64. The van der Waals surface area contributed by atoms with Crippen molar-refractivity contribution in [1.82, 2.24) is 15.5 Å². The summed E-state index contributed by atoms with van der Waals surface area (Å²) in [4.78, 5) is 14.7. The predicted octanol–water partition coefficient (Wildman–Crippen LogP) is 1.21. The highest BCUT2D eigenvalue weighted by Gasteiger charge is 2.29. The van der Waals surface area contributed by atoms with Crippen LogP contribution in [0.1, 0.15) is 32.1 Å². The zero-order valence-electron chi connectivity index (χ0n) is 12.2. The molecule has 1 saturated heterocycles. The quantitative estimate of drug-likeness (QED) is 0.741. The molecular formula is C16H25N3O. The van der Waals surface area contributed by atoms with E-state index in [2.05, 4.69) is 27.7 Å². The van der Waals surface area contributed by atoms with Crippen molar-refractivity contribution in [3.05, 3.63) is 23.3 Å². The number of amides is 1. The molecule has 2 N–H and O–H groups in total. The maximum atomic E-state index is 12.2. The van der Waals surface area contributed by atoms with E-state index in [9.17, 15) is 4.79 Å². The first-order chi connectivity index (χ1) is 9.84. The minimum atomic E-state index is -0.117. The second kappa shape index (κ2) is 6.55. The summed E-state index contributed by atoms with van der Waals surface area (Å²) in [6.45, 7) is 5.26. The van der Waals surface area contributed by atoms with Crippen LogP contribution in [0.4, 0.5) is 0 Å². The summed E-state index contributed by atoms with van der Waals surface area (Å²) < 4.78 is 0. The molecule has 0 bridgehead atoms. The Bertz CT molecular complexity index is 421. The molecule has 0 radical (unpaired) electrons. The third kappa shape index (κ3) is 3.13. The van der Waals surface area contributed by atoms with Crippen molar-refractivity contribution in [1.29, 1.82) is 0 Å². The molecule has 0 aromatic heterocycles. The molecular weight excluding hydrogens is 250 g/mol. The lowest BCUT2D eigenvalue weighted by atomic mass is 9.96. The molecule has 1 aliphatic carbocycles. The van der Waals surface area contributed by atoms with Crippen molar-refractivity contribution in [3.63, 3.8) is 0 Å². The van der Waals surface area contributed by atoms with E-state index in [4.69, 9.17) is 0 Å². The van der Waals surface area contributed by atoms with E-state index in [1.165, 1.54) is 37.1 Å². The number of allylic oxidation sites excluding steroid dienone is 1. The second-order valence-corrected chi connectivity index (χ2v) is 6.01. The smallest absolute Gasteiger partial charge is 0.241 e. The number of rotatable bonds is 5. The Morgan fingerprint density at radius 3 is 3.10 bits per heavy atom. The number of carbonyl (C=O) groups excluding carboxylic acids is 1. The standard InChI is InChI=1S/C16H25N3O/c20-16(17-8-5-11-19-9-3-4-10-19)15-14-7-2-1-6-13(14)12-18-15/h2,7,15,18H,1,3-6,8-12H2,(H,17,20). The molecule has 2 aliphatic heterocycles. The van der Waals surface area contributed by atoms with E-state index in [0.29, 0.717) is 0 Å². The van der Waals surface area contributed by atoms with Crippen LogP contribution in [0.3, 0.4) is 0 Å². The van der Waals surface area contributed by atoms with Gasteiger partial charge in [0.05, 0.1) is 0 Å². The first-order valence-electron chi connectivity index (χ1n) is 7.96. The van der Waals surface area contributed by atoms with Gasteiger partial charge in [-0.25, -0.2) is 0 Å². The number of nitrogens with one attached hydrogen (secondary N) is 2. The highest BCUT2D eigenvalue weighted by atomic mass is 16.2. The summed E-state index contributed by atoms with van der Waals surface area (Å²) in [7, 11) is 0. The molecule has 0 aromatic carbocycles. The molecule has 3 rings (SSSR count). The van der Waals surface area contributed by atoms with Gasteiger partial charge < -0.3 is 10.2 Å². The maximum Gasteiger partial charge on any atom is 0.241 e. The summed E-state index contributed by atoms with van der Waals surface area (Å²) in [6, 6.07) is -0.117. The van der Waals surface area contributed by atoms with Gasteiger partial charge in [-0.3, -0.25) is 10.1 Å². The monoisotopic (exact) mass is 275 g/mol. The molecule has 1 unspecified atom stereocenters. The van der Waals surface area contributed by atoms with Crippen molar-refractivity contribution >= 4 is 5.91 Å². The van der Waals surface area contributed by atoms with Crippen LogP contribution in [0.25, 0.3) is 0 Å². The SMILES string of the molecule is O=C(NCCCN1CCCC1)C1NCC2=C1C=CCC2. The highest BCUT2D eigenvalue weighted by molar-refractivity contribution is 5.87. The van der Waals surface area contributed by atoms with E-state index in [-0.39, 0.29) is 11.9 Å².